The SMILES string of the molecule is CC(C)CC(C)c1ccc(N2C(=O)C=CC2=O)cc1. The third-order valence-electron chi connectivity index (χ3n) is 3.35. The van der Waals surface area contributed by atoms with E-state index >= 15 is 0 Å². The summed E-state index contributed by atoms with van der Waals surface area (Å²) in [6.07, 6.45) is 3.73. The smallest absolute Gasteiger partial charge is 0.258 e. The molecule has 3 heteroatoms. The lowest BCUT2D eigenvalue weighted by Crippen LogP contribution is -2.29. The fourth-order valence-electron chi connectivity index (χ4n) is 2.45. The molecule has 0 spiro atoms. The molecule has 0 bridgehead atoms. The molecule has 0 aromatic heterocycles. The number of rotatable bonds is 4. The molecule has 1 atom stereocenters. The molecule has 0 saturated carbocycles. The van der Waals surface area contributed by atoms with E-state index in [0.29, 0.717) is 17.5 Å². The highest BCUT2D eigenvalue weighted by Gasteiger charge is 2.24. The van der Waals surface area contributed by atoms with Crippen LogP contribution in [0, 0.1) is 5.92 Å². The lowest BCUT2D eigenvalue weighted by atomic mass is 9.92. The molecule has 1 heterocycles. The summed E-state index contributed by atoms with van der Waals surface area (Å²) in [6.45, 7) is 6.61. The molecule has 1 aliphatic heterocycles. The van der Waals surface area contributed by atoms with Gasteiger partial charge in [0.25, 0.3) is 11.8 Å². The summed E-state index contributed by atoms with van der Waals surface area (Å²) in [7, 11) is 0. The van der Waals surface area contributed by atoms with Gasteiger partial charge >= 0.3 is 0 Å². The average molecular weight is 257 g/mol. The minimum absolute atomic E-state index is 0.270. The Bertz CT molecular complexity index is 496. The first-order chi connectivity index (χ1) is 8.99. The van der Waals surface area contributed by atoms with Crippen molar-refractivity contribution < 1.29 is 9.59 Å². The van der Waals surface area contributed by atoms with Crippen LogP contribution in [0.5, 0.6) is 0 Å². The standard InChI is InChI=1S/C16H19NO2/c1-11(2)10-12(3)13-4-6-14(7-5-13)17-15(18)8-9-16(17)19/h4-9,11-12H,10H2,1-3H3. The molecule has 1 aromatic carbocycles. The molecular formula is C16H19NO2. The molecule has 1 aliphatic rings. The number of carbonyl (C=O) groups is 2. The molecule has 1 aromatic rings. The second-order valence-electron chi connectivity index (χ2n) is 5.47. The maximum Gasteiger partial charge on any atom is 0.258 e. The van der Waals surface area contributed by atoms with Gasteiger partial charge < -0.3 is 0 Å². The molecule has 2 rings (SSSR count). The molecule has 100 valence electrons. The quantitative estimate of drug-likeness (QED) is 0.776. The summed E-state index contributed by atoms with van der Waals surface area (Å²) < 4.78 is 0. The van der Waals surface area contributed by atoms with E-state index in [1.54, 1.807) is 0 Å². The molecular weight excluding hydrogens is 238 g/mol. The highest BCUT2D eigenvalue weighted by Crippen LogP contribution is 2.26. The van der Waals surface area contributed by atoms with Crippen LogP contribution in [0.1, 0.15) is 38.7 Å². The zero-order valence-corrected chi connectivity index (χ0v) is 11.6. The number of nitrogens with zero attached hydrogens (tertiary/aromatic N) is 1. The molecule has 0 radical (unpaired) electrons. The van der Waals surface area contributed by atoms with E-state index in [1.165, 1.54) is 22.6 Å². The van der Waals surface area contributed by atoms with E-state index in [2.05, 4.69) is 20.8 Å². The lowest BCUT2D eigenvalue weighted by molar-refractivity contribution is -0.119. The van der Waals surface area contributed by atoms with Gasteiger partial charge in [0.05, 0.1) is 5.69 Å². The minimum Gasteiger partial charge on any atom is -0.269 e. The number of amides is 2. The third-order valence-corrected chi connectivity index (χ3v) is 3.35. The first-order valence-corrected chi connectivity index (χ1v) is 6.65. The van der Waals surface area contributed by atoms with Crippen LogP contribution >= 0.6 is 0 Å². The van der Waals surface area contributed by atoms with Crippen molar-refractivity contribution in [1.82, 2.24) is 0 Å². The first kappa shape index (κ1) is 13.5. The summed E-state index contributed by atoms with van der Waals surface area (Å²) in [5.41, 5.74) is 1.88. The van der Waals surface area contributed by atoms with E-state index in [-0.39, 0.29) is 11.8 Å². The number of carbonyl (C=O) groups excluding carboxylic acids is 2. The molecule has 0 saturated heterocycles. The van der Waals surface area contributed by atoms with Crippen LogP contribution in [0.2, 0.25) is 0 Å². The van der Waals surface area contributed by atoms with Gasteiger partial charge in [-0.2, -0.15) is 0 Å². The van der Waals surface area contributed by atoms with E-state index in [1.807, 2.05) is 24.3 Å². The number of imide groups is 1. The van der Waals surface area contributed by atoms with Crippen LogP contribution in [-0.2, 0) is 9.59 Å². The predicted octanol–water partition coefficient (Wildman–Crippen LogP) is 3.27. The van der Waals surface area contributed by atoms with Gasteiger partial charge in [-0.25, -0.2) is 4.90 Å². The Morgan fingerprint density at radius 3 is 1.95 bits per heavy atom. The minimum atomic E-state index is -0.270. The van der Waals surface area contributed by atoms with Crippen molar-refractivity contribution >= 4 is 17.5 Å². The van der Waals surface area contributed by atoms with E-state index in [9.17, 15) is 9.59 Å². The van der Waals surface area contributed by atoms with E-state index in [4.69, 9.17) is 0 Å². The van der Waals surface area contributed by atoms with Crippen LogP contribution in [0.15, 0.2) is 36.4 Å². The summed E-state index contributed by atoms with van der Waals surface area (Å²) in [6, 6.07) is 7.69. The second kappa shape index (κ2) is 5.39. The zero-order chi connectivity index (χ0) is 14.0. The zero-order valence-electron chi connectivity index (χ0n) is 11.6. The number of hydrogen-bond donors (Lipinski definition) is 0. The normalized spacial score (nSPS) is 16.5. The first-order valence-electron chi connectivity index (χ1n) is 6.65. The maximum absolute atomic E-state index is 11.6. The van der Waals surface area contributed by atoms with Gasteiger partial charge in [-0.15, -0.1) is 0 Å². The fraction of sp³-hybridized carbons (Fsp3) is 0.375. The predicted molar refractivity (Wildman–Crippen MR) is 75.9 cm³/mol. The topological polar surface area (TPSA) is 37.4 Å². The van der Waals surface area contributed by atoms with Crippen molar-refractivity contribution in [2.24, 2.45) is 5.92 Å². The fourth-order valence-corrected chi connectivity index (χ4v) is 2.45. The Kier molecular flexibility index (Phi) is 3.84. The summed E-state index contributed by atoms with van der Waals surface area (Å²) >= 11 is 0. The van der Waals surface area contributed by atoms with Gasteiger partial charge in [0.2, 0.25) is 0 Å². The average Bonchev–Trinajstić information content (AvgIpc) is 2.68. The second-order valence-corrected chi connectivity index (χ2v) is 5.47. The van der Waals surface area contributed by atoms with Gasteiger partial charge in [-0.3, -0.25) is 9.59 Å². The summed E-state index contributed by atoms with van der Waals surface area (Å²) in [5.74, 6) is 0.596. The van der Waals surface area contributed by atoms with E-state index < -0.39 is 0 Å². The lowest BCUT2D eigenvalue weighted by Gasteiger charge is -2.17. The Morgan fingerprint density at radius 2 is 1.47 bits per heavy atom. The van der Waals surface area contributed by atoms with Gasteiger partial charge in [0, 0.05) is 12.2 Å². The van der Waals surface area contributed by atoms with Gasteiger partial charge in [-0.05, 0) is 36.0 Å². The highest BCUT2D eigenvalue weighted by atomic mass is 16.2. The van der Waals surface area contributed by atoms with Crippen molar-refractivity contribution in [2.75, 3.05) is 4.90 Å². The van der Waals surface area contributed by atoms with Gasteiger partial charge in [-0.1, -0.05) is 32.9 Å². The van der Waals surface area contributed by atoms with Crippen molar-refractivity contribution in [3.05, 3.63) is 42.0 Å². The van der Waals surface area contributed by atoms with Crippen LogP contribution in [0.25, 0.3) is 0 Å². The van der Waals surface area contributed by atoms with Crippen molar-refractivity contribution in [3.8, 4) is 0 Å². The van der Waals surface area contributed by atoms with Crippen molar-refractivity contribution in [2.45, 2.75) is 33.1 Å². The molecule has 2 amide bonds. The molecule has 1 unspecified atom stereocenters. The third kappa shape index (κ3) is 2.92. The van der Waals surface area contributed by atoms with Crippen LogP contribution in [0.4, 0.5) is 5.69 Å². The summed E-state index contributed by atoms with van der Waals surface area (Å²) in [5, 5.41) is 0. The highest BCUT2D eigenvalue weighted by molar-refractivity contribution is 6.28. The van der Waals surface area contributed by atoms with Gasteiger partial charge in [0.1, 0.15) is 0 Å². The van der Waals surface area contributed by atoms with Gasteiger partial charge in [0.15, 0.2) is 0 Å². The summed E-state index contributed by atoms with van der Waals surface area (Å²) in [4.78, 5) is 24.3. The van der Waals surface area contributed by atoms with Crippen LogP contribution < -0.4 is 4.90 Å². The number of anilines is 1. The Hall–Kier alpha value is -1.90. The molecule has 19 heavy (non-hydrogen) atoms. The maximum atomic E-state index is 11.6. The van der Waals surface area contributed by atoms with E-state index in [0.717, 1.165) is 6.42 Å². The van der Waals surface area contributed by atoms with Crippen molar-refractivity contribution in [1.29, 1.82) is 0 Å². The number of benzene rings is 1. The van der Waals surface area contributed by atoms with Crippen LogP contribution in [-0.4, -0.2) is 11.8 Å². The largest absolute Gasteiger partial charge is 0.269 e. The van der Waals surface area contributed by atoms with Crippen molar-refractivity contribution in [3.63, 3.8) is 0 Å². The molecule has 3 nitrogen and oxygen atoms in total. The molecule has 0 fully saturated rings. The molecule has 0 N–H and O–H groups in total. The van der Waals surface area contributed by atoms with Crippen LogP contribution in [0.3, 0.4) is 0 Å². The number of hydrogen-bond acceptors (Lipinski definition) is 2. The molecule has 0 aliphatic carbocycles. The Balaban J connectivity index is 2.15. The Labute approximate surface area is 113 Å². The monoisotopic (exact) mass is 257 g/mol. The Morgan fingerprint density at radius 1 is 0.947 bits per heavy atom.